The zero-order valence-corrected chi connectivity index (χ0v) is 9.38. The van der Waals surface area contributed by atoms with Crippen molar-refractivity contribution in [3.63, 3.8) is 0 Å². The molecule has 1 aromatic carbocycles. The third-order valence-electron chi connectivity index (χ3n) is 2.48. The summed E-state index contributed by atoms with van der Waals surface area (Å²) in [6, 6.07) is 9.03. The van der Waals surface area contributed by atoms with Crippen LogP contribution in [-0.2, 0) is 0 Å². The van der Waals surface area contributed by atoms with Crippen LogP contribution >= 0.6 is 0 Å². The third kappa shape index (κ3) is 2.10. The number of para-hydroxylation sites is 1. The first-order valence-electron chi connectivity index (χ1n) is 5.11. The van der Waals surface area contributed by atoms with Crippen molar-refractivity contribution in [3.8, 4) is 16.9 Å². The third-order valence-corrected chi connectivity index (χ3v) is 2.48. The molecule has 2 N–H and O–H groups in total. The minimum Gasteiger partial charge on any atom is -0.496 e. The number of primary amides is 1. The molecule has 0 unspecified atom stereocenters. The van der Waals surface area contributed by atoms with Crippen molar-refractivity contribution < 1.29 is 9.53 Å². The second-order valence-electron chi connectivity index (χ2n) is 3.49. The van der Waals surface area contributed by atoms with E-state index in [4.69, 9.17) is 10.5 Å². The number of hydrogen-bond acceptors (Lipinski definition) is 3. The largest absolute Gasteiger partial charge is 0.496 e. The molecule has 1 aromatic heterocycles. The van der Waals surface area contributed by atoms with Crippen LogP contribution in [0.4, 0.5) is 0 Å². The van der Waals surface area contributed by atoms with Crippen LogP contribution in [0.1, 0.15) is 10.4 Å². The molecular formula is C13H12N2O2. The van der Waals surface area contributed by atoms with Gasteiger partial charge >= 0.3 is 0 Å². The second-order valence-corrected chi connectivity index (χ2v) is 3.49. The molecule has 1 amide bonds. The topological polar surface area (TPSA) is 65.2 Å². The SMILES string of the molecule is COc1ccccc1-c1cnccc1C(N)=O. The molecule has 1 heterocycles. The fourth-order valence-electron chi connectivity index (χ4n) is 1.69. The van der Waals surface area contributed by atoms with E-state index in [1.807, 2.05) is 24.3 Å². The average Bonchev–Trinajstić information content (AvgIpc) is 2.38. The summed E-state index contributed by atoms with van der Waals surface area (Å²) in [7, 11) is 1.58. The minimum absolute atomic E-state index is 0.435. The summed E-state index contributed by atoms with van der Waals surface area (Å²) in [5.74, 6) is 0.205. The number of carbonyl (C=O) groups excluding carboxylic acids is 1. The number of nitrogens with zero attached hydrogens (tertiary/aromatic N) is 1. The summed E-state index contributed by atoms with van der Waals surface area (Å²) in [4.78, 5) is 15.4. The van der Waals surface area contributed by atoms with Gasteiger partial charge in [0.15, 0.2) is 0 Å². The van der Waals surface area contributed by atoms with Gasteiger partial charge in [0.25, 0.3) is 0 Å². The molecule has 0 saturated carbocycles. The van der Waals surface area contributed by atoms with E-state index in [1.54, 1.807) is 25.6 Å². The highest BCUT2D eigenvalue weighted by Gasteiger charge is 2.12. The first-order chi connectivity index (χ1) is 8.24. The summed E-state index contributed by atoms with van der Waals surface area (Å²) < 4.78 is 5.25. The van der Waals surface area contributed by atoms with Gasteiger partial charge in [-0.15, -0.1) is 0 Å². The van der Waals surface area contributed by atoms with Crippen LogP contribution in [0.15, 0.2) is 42.7 Å². The zero-order valence-electron chi connectivity index (χ0n) is 9.38. The number of amides is 1. The van der Waals surface area contributed by atoms with E-state index in [0.717, 1.165) is 5.56 Å². The highest BCUT2D eigenvalue weighted by molar-refractivity contribution is 6.00. The Hall–Kier alpha value is -2.36. The Morgan fingerprint density at radius 3 is 2.71 bits per heavy atom. The van der Waals surface area contributed by atoms with E-state index in [0.29, 0.717) is 16.9 Å². The predicted molar refractivity (Wildman–Crippen MR) is 64.7 cm³/mol. The summed E-state index contributed by atoms with van der Waals surface area (Å²) in [6.45, 7) is 0. The van der Waals surface area contributed by atoms with Crippen molar-refractivity contribution in [3.05, 3.63) is 48.3 Å². The van der Waals surface area contributed by atoms with Crippen molar-refractivity contribution in [2.45, 2.75) is 0 Å². The number of pyridine rings is 1. The zero-order chi connectivity index (χ0) is 12.3. The summed E-state index contributed by atoms with van der Waals surface area (Å²) >= 11 is 0. The predicted octanol–water partition coefficient (Wildman–Crippen LogP) is 1.86. The number of rotatable bonds is 3. The van der Waals surface area contributed by atoms with Crippen molar-refractivity contribution in [1.29, 1.82) is 0 Å². The molecule has 0 bridgehead atoms. The number of methoxy groups -OCH3 is 1. The lowest BCUT2D eigenvalue weighted by atomic mass is 10.0. The van der Waals surface area contributed by atoms with E-state index in [9.17, 15) is 4.79 Å². The number of benzene rings is 1. The van der Waals surface area contributed by atoms with Crippen LogP contribution in [0.25, 0.3) is 11.1 Å². The van der Waals surface area contributed by atoms with E-state index in [1.165, 1.54) is 0 Å². The molecule has 86 valence electrons. The number of aromatic nitrogens is 1. The van der Waals surface area contributed by atoms with Gasteiger partial charge in [-0.1, -0.05) is 18.2 Å². The standard InChI is InChI=1S/C13H12N2O2/c1-17-12-5-3-2-4-9(12)11-8-15-7-6-10(11)13(14)16/h2-8H,1H3,(H2,14,16). The molecule has 0 spiro atoms. The molecule has 0 atom stereocenters. The first-order valence-corrected chi connectivity index (χ1v) is 5.11. The Kier molecular flexibility index (Phi) is 3.05. The fourth-order valence-corrected chi connectivity index (χ4v) is 1.69. The molecule has 17 heavy (non-hydrogen) atoms. The van der Waals surface area contributed by atoms with Gasteiger partial charge in [0.05, 0.1) is 12.7 Å². The monoisotopic (exact) mass is 228 g/mol. The molecule has 0 aliphatic carbocycles. The van der Waals surface area contributed by atoms with Gasteiger partial charge in [-0.3, -0.25) is 9.78 Å². The number of ether oxygens (including phenoxy) is 1. The van der Waals surface area contributed by atoms with Crippen LogP contribution in [0.2, 0.25) is 0 Å². The summed E-state index contributed by atoms with van der Waals surface area (Å²) in [5.41, 5.74) is 7.25. The van der Waals surface area contributed by atoms with E-state index in [2.05, 4.69) is 4.98 Å². The smallest absolute Gasteiger partial charge is 0.249 e. The quantitative estimate of drug-likeness (QED) is 0.871. The van der Waals surface area contributed by atoms with Gasteiger partial charge in [-0.05, 0) is 12.1 Å². The summed E-state index contributed by atoms with van der Waals surface area (Å²) in [6.07, 6.45) is 3.15. The minimum atomic E-state index is -0.478. The lowest BCUT2D eigenvalue weighted by Gasteiger charge is -2.10. The molecule has 4 heteroatoms. The van der Waals surface area contributed by atoms with Gasteiger partial charge in [-0.25, -0.2) is 0 Å². The molecule has 0 aliphatic rings. The first kappa shape index (κ1) is 11.1. The van der Waals surface area contributed by atoms with Crippen molar-refractivity contribution >= 4 is 5.91 Å². The number of nitrogens with two attached hydrogens (primary N) is 1. The average molecular weight is 228 g/mol. The van der Waals surface area contributed by atoms with Crippen LogP contribution in [0.5, 0.6) is 5.75 Å². The van der Waals surface area contributed by atoms with Crippen LogP contribution in [0, 0.1) is 0 Å². The second kappa shape index (κ2) is 4.65. The van der Waals surface area contributed by atoms with E-state index >= 15 is 0 Å². The van der Waals surface area contributed by atoms with Gasteiger partial charge in [0.1, 0.15) is 5.75 Å². The number of hydrogen-bond donors (Lipinski definition) is 1. The maximum Gasteiger partial charge on any atom is 0.249 e. The summed E-state index contributed by atoms with van der Waals surface area (Å²) in [5, 5.41) is 0. The lowest BCUT2D eigenvalue weighted by molar-refractivity contribution is 0.100. The van der Waals surface area contributed by atoms with Crippen molar-refractivity contribution in [1.82, 2.24) is 4.98 Å². The van der Waals surface area contributed by atoms with Gasteiger partial charge in [0.2, 0.25) is 5.91 Å². The van der Waals surface area contributed by atoms with Crippen molar-refractivity contribution in [2.24, 2.45) is 5.73 Å². The Balaban J connectivity index is 2.64. The van der Waals surface area contributed by atoms with Crippen LogP contribution < -0.4 is 10.5 Å². The Labute approximate surface area is 99.1 Å². The normalized spacial score (nSPS) is 9.94. The molecular weight excluding hydrogens is 216 g/mol. The molecule has 2 rings (SSSR count). The molecule has 2 aromatic rings. The van der Waals surface area contributed by atoms with Gasteiger partial charge < -0.3 is 10.5 Å². The maximum atomic E-state index is 11.3. The van der Waals surface area contributed by atoms with E-state index < -0.39 is 5.91 Å². The Bertz CT molecular complexity index is 553. The van der Waals surface area contributed by atoms with Gasteiger partial charge in [0, 0.05) is 23.5 Å². The Morgan fingerprint density at radius 1 is 1.24 bits per heavy atom. The highest BCUT2D eigenvalue weighted by Crippen LogP contribution is 2.31. The van der Waals surface area contributed by atoms with Gasteiger partial charge in [-0.2, -0.15) is 0 Å². The molecule has 4 nitrogen and oxygen atoms in total. The van der Waals surface area contributed by atoms with Crippen molar-refractivity contribution in [2.75, 3.05) is 7.11 Å². The molecule has 0 radical (unpaired) electrons. The van der Waals surface area contributed by atoms with Crippen LogP contribution in [0.3, 0.4) is 0 Å². The van der Waals surface area contributed by atoms with E-state index in [-0.39, 0.29) is 0 Å². The lowest BCUT2D eigenvalue weighted by Crippen LogP contribution is -2.12. The number of carbonyl (C=O) groups is 1. The Morgan fingerprint density at radius 2 is 2.00 bits per heavy atom. The van der Waals surface area contributed by atoms with Crippen LogP contribution in [-0.4, -0.2) is 18.0 Å². The molecule has 0 aliphatic heterocycles. The molecule has 0 saturated heterocycles. The highest BCUT2D eigenvalue weighted by atomic mass is 16.5. The fraction of sp³-hybridized carbons (Fsp3) is 0.0769. The molecule has 0 fully saturated rings. The maximum absolute atomic E-state index is 11.3.